The Morgan fingerprint density at radius 2 is 1.84 bits per heavy atom. The molecule has 0 aromatic heterocycles. The molecule has 4 rings (SSSR count). The number of nitro benzene ring substituents is 1. The van der Waals surface area contributed by atoms with E-state index >= 15 is 0 Å². The number of rotatable bonds is 6. The van der Waals surface area contributed by atoms with E-state index in [4.69, 9.17) is 9.47 Å². The highest BCUT2D eigenvalue weighted by Gasteiger charge is 2.35. The van der Waals surface area contributed by atoms with Gasteiger partial charge in [0.1, 0.15) is 11.5 Å². The summed E-state index contributed by atoms with van der Waals surface area (Å²) in [6.45, 7) is 0.721. The van der Waals surface area contributed by atoms with Crippen molar-refractivity contribution >= 4 is 11.6 Å². The van der Waals surface area contributed by atoms with Crippen LogP contribution in [0.25, 0.3) is 11.1 Å². The molecule has 2 aromatic carbocycles. The van der Waals surface area contributed by atoms with Crippen LogP contribution in [0.15, 0.2) is 42.5 Å². The molecule has 0 radical (unpaired) electrons. The SMILES string of the molecule is COc1ccc(-c2cc([N+](=O)[O-])ccc2OCC(=O)N2CCC[C@@H]3CCCC[C@@H]32)cc1. The molecular formula is C24H28N2O5. The van der Waals surface area contributed by atoms with Gasteiger partial charge in [-0.15, -0.1) is 0 Å². The van der Waals surface area contributed by atoms with Crippen LogP contribution in [-0.4, -0.2) is 42.0 Å². The number of nitrogens with zero attached hydrogens (tertiary/aromatic N) is 2. The summed E-state index contributed by atoms with van der Waals surface area (Å²) >= 11 is 0. The standard InChI is InChI=1S/C24H28N2O5/c1-30-20-11-8-17(9-12-20)21-15-19(26(28)29)10-13-23(21)31-16-24(27)25-14-4-6-18-5-2-3-7-22(18)25/h8-13,15,18,22H,2-7,14,16H2,1H3/t18-,22-/m0/s1. The molecular weight excluding hydrogens is 396 g/mol. The van der Waals surface area contributed by atoms with Crippen molar-refractivity contribution in [2.75, 3.05) is 20.3 Å². The third-order valence-electron chi connectivity index (χ3n) is 6.49. The lowest BCUT2D eigenvalue weighted by atomic mass is 9.78. The van der Waals surface area contributed by atoms with Gasteiger partial charge in [0, 0.05) is 30.3 Å². The van der Waals surface area contributed by atoms with E-state index < -0.39 is 4.92 Å². The number of amides is 1. The zero-order valence-corrected chi connectivity index (χ0v) is 17.8. The van der Waals surface area contributed by atoms with Crippen LogP contribution in [-0.2, 0) is 4.79 Å². The summed E-state index contributed by atoms with van der Waals surface area (Å²) in [7, 11) is 1.58. The minimum atomic E-state index is -0.432. The Morgan fingerprint density at radius 3 is 2.58 bits per heavy atom. The molecule has 0 spiro atoms. The average Bonchev–Trinajstić information content (AvgIpc) is 2.82. The van der Waals surface area contributed by atoms with Crippen LogP contribution in [0.4, 0.5) is 5.69 Å². The highest BCUT2D eigenvalue weighted by atomic mass is 16.6. The van der Waals surface area contributed by atoms with Crippen molar-refractivity contribution in [2.24, 2.45) is 5.92 Å². The highest BCUT2D eigenvalue weighted by molar-refractivity contribution is 5.79. The zero-order valence-electron chi connectivity index (χ0n) is 17.8. The van der Waals surface area contributed by atoms with Gasteiger partial charge in [0.05, 0.1) is 12.0 Å². The molecule has 2 aromatic rings. The summed E-state index contributed by atoms with van der Waals surface area (Å²) in [4.78, 5) is 25.9. The van der Waals surface area contributed by atoms with Gasteiger partial charge in [-0.2, -0.15) is 0 Å². The second-order valence-corrected chi connectivity index (χ2v) is 8.30. The van der Waals surface area contributed by atoms with E-state index in [1.165, 1.54) is 37.8 Å². The fraction of sp³-hybridized carbons (Fsp3) is 0.458. The summed E-state index contributed by atoms with van der Waals surface area (Å²) in [5.74, 6) is 1.76. The summed E-state index contributed by atoms with van der Waals surface area (Å²) in [5, 5.41) is 11.3. The van der Waals surface area contributed by atoms with Gasteiger partial charge in [0.15, 0.2) is 6.61 Å². The molecule has 0 unspecified atom stereocenters. The molecule has 1 aliphatic carbocycles. The Labute approximate surface area is 182 Å². The maximum atomic E-state index is 13.0. The number of benzene rings is 2. The van der Waals surface area contributed by atoms with E-state index in [0.717, 1.165) is 24.9 Å². The quantitative estimate of drug-likeness (QED) is 0.490. The van der Waals surface area contributed by atoms with Gasteiger partial charge < -0.3 is 14.4 Å². The predicted octanol–water partition coefficient (Wildman–Crippen LogP) is 4.83. The largest absolute Gasteiger partial charge is 0.497 e. The number of hydrogen-bond acceptors (Lipinski definition) is 5. The number of methoxy groups -OCH3 is 1. The van der Waals surface area contributed by atoms with Gasteiger partial charge in [-0.25, -0.2) is 0 Å². The Kier molecular flexibility index (Phi) is 6.39. The fourth-order valence-corrected chi connectivity index (χ4v) is 4.91. The first kappa shape index (κ1) is 21.2. The maximum Gasteiger partial charge on any atom is 0.270 e. The van der Waals surface area contributed by atoms with Crippen molar-refractivity contribution in [3.8, 4) is 22.6 Å². The number of likely N-dealkylation sites (tertiary alicyclic amines) is 1. The van der Waals surface area contributed by atoms with Crippen molar-refractivity contribution in [2.45, 2.75) is 44.6 Å². The van der Waals surface area contributed by atoms with E-state index in [0.29, 0.717) is 29.0 Å². The maximum absolute atomic E-state index is 13.0. The molecule has 164 valence electrons. The van der Waals surface area contributed by atoms with E-state index in [9.17, 15) is 14.9 Å². The van der Waals surface area contributed by atoms with Crippen LogP contribution < -0.4 is 9.47 Å². The Bertz CT molecular complexity index is 941. The van der Waals surface area contributed by atoms with Crippen LogP contribution in [0.2, 0.25) is 0 Å². The molecule has 7 nitrogen and oxygen atoms in total. The van der Waals surface area contributed by atoms with Gasteiger partial charge in [0.2, 0.25) is 0 Å². The lowest BCUT2D eigenvalue weighted by Crippen LogP contribution is -2.51. The second kappa shape index (κ2) is 9.37. The monoisotopic (exact) mass is 424 g/mol. The summed E-state index contributed by atoms with van der Waals surface area (Å²) in [6.07, 6.45) is 6.97. The van der Waals surface area contributed by atoms with Gasteiger partial charge in [0.25, 0.3) is 11.6 Å². The molecule has 2 aliphatic rings. The molecule has 31 heavy (non-hydrogen) atoms. The number of fused-ring (bicyclic) bond motifs is 1. The lowest BCUT2D eigenvalue weighted by Gasteiger charge is -2.44. The van der Waals surface area contributed by atoms with Crippen molar-refractivity contribution < 1.29 is 19.2 Å². The summed E-state index contributed by atoms with van der Waals surface area (Å²) in [6, 6.07) is 12.0. The molecule has 0 N–H and O–H groups in total. The minimum absolute atomic E-state index is 0.00404. The molecule has 2 atom stereocenters. The Hall–Kier alpha value is -3.09. The van der Waals surface area contributed by atoms with Crippen LogP contribution in [0, 0.1) is 16.0 Å². The van der Waals surface area contributed by atoms with E-state index in [2.05, 4.69) is 0 Å². The molecule has 0 bridgehead atoms. The number of ether oxygens (including phenoxy) is 2. The highest BCUT2D eigenvalue weighted by Crippen LogP contribution is 2.36. The number of carbonyl (C=O) groups is 1. The number of piperidine rings is 1. The molecule has 1 saturated heterocycles. The topological polar surface area (TPSA) is 81.9 Å². The molecule has 1 amide bonds. The smallest absolute Gasteiger partial charge is 0.270 e. The van der Waals surface area contributed by atoms with Crippen molar-refractivity contribution in [1.82, 2.24) is 4.90 Å². The number of carbonyl (C=O) groups excluding carboxylic acids is 1. The van der Waals surface area contributed by atoms with Crippen molar-refractivity contribution in [3.05, 3.63) is 52.6 Å². The minimum Gasteiger partial charge on any atom is -0.497 e. The predicted molar refractivity (Wildman–Crippen MR) is 117 cm³/mol. The molecule has 1 heterocycles. The van der Waals surface area contributed by atoms with Crippen LogP contribution >= 0.6 is 0 Å². The van der Waals surface area contributed by atoms with Crippen LogP contribution in [0.1, 0.15) is 38.5 Å². The van der Waals surface area contributed by atoms with Gasteiger partial charge >= 0.3 is 0 Å². The third kappa shape index (κ3) is 4.65. The van der Waals surface area contributed by atoms with E-state index in [1.54, 1.807) is 25.3 Å². The molecule has 7 heteroatoms. The lowest BCUT2D eigenvalue weighted by molar-refractivity contribution is -0.384. The average molecular weight is 424 g/mol. The molecule has 1 saturated carbocycles. The van der Waals surface area contributed by atoms with Gasteiger partial charge in [-0.3, -0.25) is 14.9 Å². The first-order chi connectivity index (χ1) is 15.1. The van der Waals surface area contributed by atoms with E-state index in [-0.39, 0.29) is 18.2 Å². The first-order valence-corrected chi connectivity index (χ1v) is 10.9. The number of hydrogen-bond donors (Lipinski definition) is 0. The molecule has 1 aliphatic heterocycles. The number of nitro groups is 1. The van der Waals surface area contributed by atoms with Gasteiger partial charge in [-0.05, 0) is 55.4 Å². The first-order valence-electron chi connectivity index (χ1n) is 10.9. The summed E-state index contributed by atoms with van der Waals surface area (Å²) < 4.78 is 11.1. The zero-order chi connectivity index (χ0) is 21.8. The Morgan fingerprint density at radius 1 is 1.10 bits per heavy atom. The van der Waals surface area contributed by atoms with E-state index in [1.807, 2.05) is 17.0 Å². The molecule has 2 fully saturated rings. The third-order valence-corrected chi connectivity index (χ3v) is 6.49. The fourth-order valence-electron chi connectivity index (χ4n) is 4.91. The Balaban J connectivity index is 1.53. The normalized spacial score (nSPS) is 20.6. The summed E-state index contributed by atoms with van der Waals surface area (Å²) in [5.41, 5.74) is 1.32. The second-order valence-electron chi connectivity index (χ2n) is 8.30. The van der Waals surface area contributed by atoms with Crippen molar-refractivity contribution in [1.29, 1.82) is 0 Å². The van der Waals surface area contributed by atoms with Crippen molar-refractivity contribution in [3.63, 3.8) is 0 Å². The van der Waals surface area contributed by atoms with Gasteiger partial charge in [-0.1, -0.05) is 25.0 Å². The number of non-ortho nitro benzene ring substituents is 1. The van der Waals surface area contributed by atoms with Crippen LogP contribution in [0.5, 0.6) is 11.5 Å². The van der Waals surface area contributed by atoms with Crippen LogP contribution in [0.3, 0.4) is 0 Å².